The van der Waals surface area contributed by atoms with Crippen LogP contribution in [0.4, 0.5) is 4.39 Å². The molecule has 0 heterocycles. The van der Waals surface area contributed by atoms with Gasteiger partial charge >= 0.3 is 11.3 Å². The van der Waals surface area contributed by atoms with Crippen molar-refractivity contribution in [1.82, 2.24) is 0 Å². The van der Waals surface area contributed by atoms with E-state index in [1.54, 1.807) is 0 Å². The lowest BCUT2D eigenvalue weighted by Crippen LogP contribution is -1.95. The fourth-order valence-electron chi connectivity index (χ4n) is 0. The van der Waals surface area contributed by atoms with Gasteiger partial charge in [0.2, 0.25) is 0 Å². The van der Waals surface area contributed by atoms with Crippen molar-refractivity contribution in [2.24, 2.45) is 0 Å². The van der Waals surface area contributed by atoms with Crippen LogP contribution in [0.3, 0.4) is 0 Å². The predicted octanol–water partition coefficient (Wildman–Crippen LogP) is 0.248. The number of rotatable bonds is 1. The summed E-state index contributed by atoms with van der Waals surface area (Å²) < 4.78 is 10.7. The summed E-state index contributed by atoms with van der Waals surface area (Å²) in [6, 6.07) is -2.11. The third-order valence-electron chi connectivity index (χ3n) is 0.155. The Balaban J connectivity index is 3.57. The molecule has 0 aromatic heterocycles. The molecule has 0 unspecified atom stereocenters. The maximum Gasteiger partial charge on any atom is 0.383 e. The van der Waals surface area contributed by atoms with Crippen LogP contribution in [0.1, 0.15) is 0 Å². The fraction of sp³-hybridized carbons (Fsp3) is 0. The third-order valence-corrected chi connectivity index (χ3v) is 0.303. The van der Waals surface area contributed by atoms with Crippen LogP contribution in [-0.2, 0) is 9.59 Å². The normalized spacial score (nSPS) is 7.67. The smallest absolute Gasteiger partial charge is 0.269 e. The van der Waals surface area contributed by atoms with Gasteiger partial charge in [-0.3, -0.25) is 9.59 Å². The van der Waals surface area contributed by atoms with Crippen molar-refractivity contribution in [3.63, 3.8) is 0 Å². The van der Waals surface area contributed by atoms with Gasteiger partial charge in [0.1, 0.15) is 0 Å². The van der Waals surface area contributed by atoms with Gasteiger partial charge in [0.05, 0.1) is 0 Å². The first kappa shape index (κ1) is 5.56. The van der Waals surface area contributed by atoms with Gasteiger partial charge in [0, 0.05) is 0 Å². The molecule has 34 valence electrons. The Morgan fingerprint density at radius 1 is 1.50 bits per heavy atom. The first-order valence-corrected chi connectivity index (χ1v) is 1.41. The Morgan fingerprint density at radius 2 is 1.67 bits per heavy atom. The first-order valence-electron chi connectivity index (χ1n) is 1.04. The molecule has 6 heavy (non-hydrogen) atoms. The van der Waals surface area contributed by atoms with Gasteiger partial charge in [-0.1, -0.05) is 0 Å². The average Bonchev–Trinajstić information content (AvgIpc) is 1.36. The summed E-state index contributed by atoms with van der Waals surface area (Å²) in [5, 5.41) is -1.57. The highest BCUT2D eigenvalue weighted by Gasteiger charge is 2.04. The average molecular weight is 110 g/mol. The second-order valence-electron chi connectivity index (χ2n) is 0.547. The summed E-state index contributed by atoms with van der Waals surface area (Å²) in [5.41, 5.74) is 0. The SMILES string of the molecule is O=C(F)C(=O)Cl. The molecule has 0 aromatic carbocycles. The lowest BCUT2D eigenvalue weighted by Gasteiger charge is -1.65. The molecular formula is C2ClFO2. The molecule has 0 radical (unpaired) electrons. The molecule has 0 atom stereocenters. The van der Waals surface area contributed by atoms with E-state index in [-0.39, 0.29) is 0 Å². The van der Waals surface area contributed by atoms with Gasteiger partial charge in [0.15, 0.2) is 0 Å². The van der Waals surface area contributed by atoms with Crippen molar-refractivity contribution in [2.75, 3.05) is 0 Å². The highest BCUT2D eigenvalue weighted by atomic mass is 35.5. The van der Waals surface area contributed by atoms with Crippen molar-refractivity contribution in [1.29, 1.82) is 0 Å². The Hall–Kier alpha value is -0.440. The number of carbonyl (C=O) groups is 2. The molecular weight excluding hydrogens is 110 g/mol. The van der Waals surface area contributed by atoms with E-state index in [2.05, 4.69) is 11.6 Å². The minimum Gasteiger partial charge on any atom is -0.269 e. The number of carbonyl (C=O) groups excluding carboxylic acids is 2. The highest BCUT2D eigenvalue weighted by Crippen LogP contribution is 1.80. The van der Waals surface area contributed by atoms with Gasteiger partial charge in [-0.25, -0.2) is 0 Å². The van der Waals surface area contributed by atoms with Crippen LogP contribution in [0, 0.1) is 0 Å². The highest BCUT2D eigenvalue weighted by molar-refractivity contribution is 6.79. The first-order chi connectivity index (χ1) is 2.64. The maximum absolute atomic E-state index is 10.7. The lowest BCUT2D eigenvalue weighted by atomic mass is 10.8. The molecule has 0 saturated carbocycles. The second-order valence-corrected chi connectivity index (χ2v) is 0.891. The quantitative estimate of drug-likeness (QED) is 0.358. The molecule has 0 N–H and O–H groups in total. The zero-order valence-corrected chi connectivity index (χ0v) is 3.33. The Kier molecular flexibility index (Phi) is 1.73. The van der Waals surface area contributed by atoms with E-state index in [0.717, 1.165) is 0 Å². The van der Waals surface area contributed by atoms with Gasteiger partial charge in [-0.05, 0) is 11.6 Å². The molecule has 0 rings (SSSR count). The molecule has 0 aliphatic carbocycles. The number of hydrogen-bond donors (Lipinski definition) is 0. The largest absolute Gasteiger partial charge is 0.383 e. The standard InChI is InChI=1S/C2ClFO2/c3-1(5)2(4)6. The Labute approximate surface area is 37.9 Å². The van der Waals surface area contributed by atoms with E-state index in [1.807, 2.05) is 0 Å². The molecule has 0 bridgehead atoms. The van der Waals surface area contributed by atoms with Gasteiger partial charge in [-0.15, -0.1) is 0 Å². The minimum atomic E-state index is -2.11. The summed E-state index contributed by atoms with van der Waals surface area (Å²) in [7, 11) is 0. The molecule has 0 aliphatic rings. The Bertz CT molecular complexity index is 77.5. The van der Waals surface area contributed by atoms with Gasteiger partial charge < -0.3 is 0 Å². The molecule has 4 heteroatoms. The van der Waals surface area contributed by atoms with Crippen molar-refractivity contribution in [3.05, 3.63) is 0 Å². The molecule has 0 saturated heterocycles. The zero-order valence-electron chi connectivity index (χ0n) is 2.57. The number of hydrogen-bond acceptors (Lipinski definition) is 2. The summed E-state index contributed by atoms with van der Waals surface area (Å²) in [5.74, 6) is 0. The van der Waals surface area contributed by atoms with Gasteiger partial charge in [0.25, 0.3) is 0 Å². The molecule has 2 nitrogen and oxygen atoms in total. The van der Waals surface area contributed by atoms with E-state index in [9.17, 15) is 9.18 Å². The van der Waals surface area contributed by atoms with Crippen LogP contribution in [0.15, 0.2) is 0 Å². The van der Waals surface area contributed by atoms with Crippen molar-refractivity contribution >= 4 is 22.9 Å². The van der Waals surface area contributed by atoms with Gasteiger partial charge in [-0.2, -0.15) is 4.39 Å². The van der Waals surface area contributed by atoms with Crippen LogP contribution in [-0.4, -0.2) is 11.3 Å². The van der Waals surface area contributed by atoms with Crippen molar-refractivity contribution < 1.29 is 14.0 Å². The van der Waals surface area contributed by atoms with E-state index < -0.39 is 11.3 Å². The fourth-order valence-corrected chi connectivity index (χ4v) is 0. The van der Waals surface area contributed by atoms with Crippen molar-refractivity contribution in [2.45, 2.75) is 0 Å². The van der Waals surface area contributed by atoms with Crippen LogP contribution in [0.25, 0.3) is 0 Å². The van der Waals surface area contributed by atoms with Crippen LogP contribution < -0.4 is 0 Å². The van der Waals surface area contributed by atoms with E-state index in [1.165, 1.54) is 0 Å². The van der Waals surface area contributed by atoms with E-state index in [0.29, 0.717) is 0 Å². The summed E-state index contributed by atoms with van der Waals surface area (Å²) >= 11 is 4.25. The summed E-state index contributed by atoms with van der Waals surface area (Å²) in [6.45, 7) is 0. The molecule has 0 aliphatic heterocycles. The summed E-state index contributed by atoms with van der Waals surface area (Å²) in [4.78, 5) is 18.2. The number of halogens is 2. The monoisotopic (exact) mass is 110 g/mol. The zero-order chi connectivity index (χ0) is 5.15. The predicted molar refractivity (Wildman–Crippen MR) is 17.0 cm³/mol. The van der Waals surface area contributed by atoms with E-state index in [4.69, 9.17) is 4.79 Å². The van der Waals surface area contributed by atoms with Crippen LogP contribution >= 0.6 is 11.6 Å². The Morgan fingerprint density at radius 3 is 1.67 bits per heavy atom. The summed E-state index contributed by atoms with van der Waals surface area (Å²) in [6.07, 6.45) is 0. The van der Waals surface area contributed by atoms with Crippen LogP contribution in [0.5, 0.6) is 0 Å². The molecule has 0 spiro atoms. The molecule has 0 aromatic rings. The third kappa shape index (κ3) is 1.84. The second kappa shape index (κ2) is 1.87. The molecule has 0 amide bonds. The maximum atomic E-state index is 10.7. The minimum absolute atomic E-state index is 1.57. The topological polar surface area (TPSA) is 34.1 Å². The lowest BCUT2D eigenvalue weighted by molar-refractivity contribution is -0.139. The van der Waals surface area contributed by atoms with Crippen molar-refractivity contribution in [3.8, 4) is 0 Å². The van der Waals surface area contributed by atoms with Crippen LogP contribution in [0.2, 0.25) is 0 Å². The van der Waals surface area contributed by atoms with E-state index >= 15 is 0 Å². The molecule has 0 fully saturated rings.